The fraction of sp³-hybridized carbons (Fsp3) is 0. The Labute approximate surface area is 112 Å². The Bertz CT molecular complexity index is 652. The van der Waals surface area contributed by atoms with Gasteiger partial charge in [0.05, 0.1) is 11.3 Å². The summed E-state index contributed by atoms with van der Waals surface area (Å²) < 4.78 is 1.11. The van der Waals surface area contributed by atoms with Crippen molar-refractivity contribution >= 4 is 23.4 Å². The van der Waals surface area contributed by atoms with Crippen LogP contribution >= 0.6 is 0 Å². The minimum absolute atomic E-state index is 0.109. The summed E-state index contributed by atoms with van der Waals surface area (Å²) in [5, 5.41) is 9.22. The first-order valence-electron chi connectivity index (χ1n) is 5.43. The van der Waals surface area contributed by atoms with Crippen molar-refractivity contribution in [1.29, 1.82) is 0 Å². The first kappa shape index (κ1) is 13.2. The molecule has 0 spiro atoms. The second-order valence-electron chi connectivity index (χ2n) is 3.67. The number of amides is 3. The number of para-hydroxylation sites is 1. The largest absolute Gasteiger partial charge is 0.366 e. The number of primary amides is 1. The van der Waals surface area contributed by atoms with E-state index in [2.05, 4.69) is 20.9 Å². The van der Waals surface area contributed by atoms with Crippen molar-refractivity contribution in [3.05, 3.63) is 42.5 Å². The molecule has 3 amide bonds. The van der Waals surface area contributed by atoms with Crippen molar-refractivity contribution < 1.29 is 14.4 Å². The van der Waals surface area contributed by atoms with Crippen molar-refractivity contribution in [3.63, 3.8) is 0 Å². The van der Waals surface area contributed by atoms with Crippen LogP contribution in [0.1, 0.15) is 10.4 Å². The summed E-state index contributed by atoms with van der Waals surface area (Å²) in [7, 11) is 0. The molecule has 9 heteroatoms. The lowest BCUT2D eigenvalue weighted by molar-refractivity contribution is -0.133. The molecule has 20 heavy (non-hydrogen) atoms. The second kappa shape index (κ2) is 5.61. The standard InChI is InChI=1S/C11H10N6O3/c12-9(18)7-3-1-2-4-8(7)15-10(19)11(20)16-17-5-13-14-6-17/h1-6H,(H2,12,18)(H,15,19)(H,16,20). The number of carbonyl (C=O) groups is 3. The van der Waals surface area contributed by atoms with E-state index in [9.17, 15) is 14.4 Å². The van der Waals surface area contributed by atoms with Gasteiger partial charge in [-0.25, -0.2) is 4.68 Å². The molecule has 0 saturated carbocycles. The summed E-state index contributed by atoms with van der Waals surface area (Å²) in [6.45, 7) is 0. The van der Waals surface area contributed by atoms with E-state index in [1.54, 1.807) is 12.1 Å². The zero-order valence-electron chi connectivity index (χ0n) is 10.1. The lowest BCUT2D eigenvalue weighted by Gasteiger charge is -2.08. The first-order valence-corrected chi connectivity index (χ1v) is 5.43. The van der Waals surface area contributed by atoms with Crippen LogP contribution in [0.3, 0.4) is 0 Å². The van der Waals surface area contributed by atoms with Gasteiger partial charge in [0.2, 0.25) is 0 Å². The van der Waals surface area contributed by atoms with Gasteiger partial charge in [-0.15, -0.1) is 10.2 Å². The average molecular weight is 274 g/mol. The Morgan fingerprint density at radius 2 is 1.70 bits per heavy atom. The number of hydrogen-bond donors (Lipinski definition) is 3. The topological polar surface area (TPSA) is 132 Å². The fourth-order valence-electron chi connectivity index (χ4n) is 1.41. The lowest BCUT2D eigenvalue weighted by atomic mass is 10.1. The lowest BCUT2D eigenvalue weighted by Crippen LogP contribution is -2.34. The highest BCUT2D eigenvalue weighted by molar-refractivity contribution is 6.42. The van der Waals surface area contributed by atoms with Gasteiger partial charge in [-0.05, 0) is 12.1 Å². The van der Waals surface area contributed by atoms with Crippen LogP contribution in [0.15, 0.2) is 36.9 Å². The van der Waals surface area contributed by atoms with Crippen molar-refractivity contribution in [2.45, 2.75) is 0 Å². The Balaban J connectivity index is 2.08. The molecule has 4 N–H and O–H groups in total. The molecule has 0 aliphatic heterocycles. The van der Waals surface area contributed by atoms with Crippen LogP contribution in [-0.2, 0) is 9.59 Å². The zero-order valence-corrected chi connectivity index (χ0v) is 10.1. The highest BCUT2D eigenvalue weighted by atomic mass is 16.2. The van der Waals surface area contributed by atoms with Crippen molar-refractivity contribution in [2.75, 3.05) is 10.7 Å². The first-order chi connectivity index (χ1) is 9.58. The number of anilines is 1. The normalized spacial score (nSPS) is 9.80. The van der Waals surface area contributed by atoms with Crippen molar-refractivity contribution in [3.8, 4) is 0 Å². The molecule has 0 atom stereocenters. The quantitative estimate of drug-likeness (QED) is 0.623. The van der Waals surface area contributed by atoms with E-state index in [-0.39, 0.29) is 11.3 Å². The van der Waals surface area contributed by atoms with Gasteiger partial charge in [-0.3, -0.25) is 19.8 Å². The van der Waals surface area contributed by atoms with Crippen LogP contribution in [0.5, 0.6) is 0 Å². The summed E-state index contributed by atoms with van der Waals surface area (Å²) in [5.41, 5.74) is 7.65. The van der Waals surface area contributed by atoms with E-state index >= 15 is 0 Å². The van der Waals surface area contributed by atoms with Crippen LogP contribution < -0.4 is 16.5 Å². The maximum atomic E-state index is 11.7. The van der Waals surface area contributed by atoms with E-state index in [1.165, 1.54) is 24.8 Å². The number of rotatable bonds is 3. The number of nitrogens with zero attached hydrogens (tertiary/aromatic N) is 3. The van der Waals surface area contributed by atoms with Gasteiger partial charge in [0.15, 0.2) is 0 Å². The van der Waals surface area contributed by atoms with Crippen LogP contribution in [0.25, 0.3) is 0 Å². The Morgan fingerprint density at radius 1 is 1.05 bits per heavy atom. The summed E-state index contributed by atoms with van der Waals surface area (Å²) in [6, 6.07) is 6.09. The average Bonchev–Trinajstić information content (AvgIpc) is 2.91. The number of benzene rings is 1. The minimum atomic E-state index is -0.951. The molecule has 0 aliphatic rings. The predicted octanol–water partition coefficient (Wildman–Crippen LogP) is -0.914. The van der Waals surface area contributed by atoms with Crippen molar-refractivity contribution in [1.82, 2.24) is 14.9 Å². The van der Waals surface area contributed by atoms with Gasteiger partial charge in [0, 0.05) is 0 Å². The molecular formula is C11H10N6O3. The molecule has 2 aromatic rings. The van der Waals surface area contributed by atoms with E-state index < -0.39 is 17.7 Å². The van der Waals surface area contributed by atoms with E-state index in [4.69, 9.17) is 5.73 Å². The molecule has 2 rings (SSSR count). The maximum Gasteiger partial charge on any atom is 0.328 e. The van der Waals surface area contributed by atoms with E-state index in [1.807, 2.05) is 0 Å². The Kier molecular flexibility index (Phi) is 3.70. The molecule has 1 heterocycles. The smallest absolute Gasteiger partial charge is 0.328 e. The van der Waals surface area contributed by atoms with E-state index in [0.717, 1.165) is 4.68 Å². The van der Waals surface area contributed by atoms with Gasteiger partial charge < -0.3 is 11.1 Å². The van der Waals surface area contributed by atoms with Crippen LogP contribution in [-0.4, -0.2) is 32.6 Å². The molecule has 0 aliphatic carbocycles. The van der Waals surface area contributed by atoms with Crippen LogP contribution in [0.4, 0.5) is 5.69 Å². The molecular weight excluding hydrogens is 264 g/mol. The highest BCUT2D eigenvalue weighted by Crippen LogP contribution is 2.13. The molecule has 1 aromatic carbocycles. The summed E-state index contributed by atoms with van der Waals surface area (Å²) in [5.74, 6) is -2.60. The van der Waals surface area contributed by atoms with Gasteiger partial charge in [0.1, 0.15) is 12.7 Å². The predicted molar refractivity (Wildman–Crippen MR) is 68.0 cm³/mol. The van der Waals surface area contributed by atoms with Crippen LogP contribution in [0.2, 0.25) is 0 Å². The van der Waals surface area contributed by atoms with E-state index in [0.29, 0.717) is 0 Å². The monoisotopic (exact) mass is 274 g/mol. The van der Waals surface area contributed by atoms with Gasteiger partial charge >= 0.3 is 11.8 Å². The highest BCUT2D eigenvalue weighted by Gasteiger charge is 2.16. The zero-order chi connectivity index (χ0) is 14.5. The SMILES string of the molecule is NC(=O)c1ccccc1NC(=O)C(=O)Nn1cnnc1. The second-order valence-corrected chi connectivity index (χ2v) is 3.67. The Hall–Kier alpha value is -3.23. The van der Waals surface area contributed by atoms with Crippen molar-refractivity contribution in [2.24, 2.45) is 5.73 Å². The number of nitrogens with one attached hydrogen (secondary N) is 2. The molecule has 0 unspecified atom stereocenters. The number of hydrogen-bond acceptors (Lipinski definition) is 5. The minimum Gasteiger partial charge on any atom is -0.366 e. The third-order valence-corrected chi connectivity index (χ3v) is 2.30. The maximum absolute atomic E-state index is 11.7. The number of nitrogens with two attached hydrogens (primary N) is 1. The van der Waals surface area contributed by atoms with Gasteiger partial charge in [0.25, 0.3) is 5.91 Å². The summed E-state index contributed by atoms with van der Waals surface area (Å²) in [4.78, 5) is 34.4. The molecule has 0 saturated heterocycles. The van der Waals surface area contributed by atoms with Crippen LogP contribution in [0, 0.1) is 0 Å². The number of aromatic nitrogens is 3. The molecule has 102 valence electrons. The molecule has 0 radical (unpaired) electrons. The third-order valence-electron chi connectivity index (χ3n) is 2.30. The summed E-state index contributed by atoms with van der Waals surface area (Å²) in [6.07, 6.45) is 2.42. The molecule has 0 bridgehead atoms. The number of carbonyl (C=O) groups excluding carboxylic acids is 3. The Morgan fingerprint density at radius 3 is 2.35 bits per heavy atom. The van der Waals surface area contributed by atoms with Gasteiger partial charge in [-0.2, -0.15) is 0 Å². The molecule has 9 nitrogen and oxygen atoms in total. The van der Waals surface area contributed by atoms with Gasteiger partial charge in [-0.1, -0.05) is 12.1 Å². The molecule has 1 aromatic heterocycles. The fourth-order valence-corrected chi connectivity index (χ4v) is 1.41. The summed E-state index contributed by atoms with van der Waals surface area (Å²) >= 11 is 0. The molecule has 0 fully saturated rings. The third kappa shape index (κ3) is 2.96.